The maximum absolute atomic E-state index is 12.0. The van der Waals surface area contributed by atoms with Crippen LogP contribution in [-0.2, 0) is 14.6 Å². The van der Waals surface area contributed by atoms with Crippen molar-refractivity contribution in [3.05, 3.63) is 29.8 Å². The number of aryl methyl sites for hydroxylation is 1. The first-order valence-electron chi connectivity index (χ1n) is 4.93. The second-order valence-corrected chi connectivity index (χ2v) is 5.73. The van der Waals surface area contributed by atoms with Crippen molar-refractivity contribution in [3.8, 4) is 0 Å². The second kappa shape index (κ2) is 4.65. The van der Waals surface area contributed by atoms with Gasteiger partial charge in [-0.15, -0.1) is 0 Å². The molecule has 4 nitrogen and oxygen atoms in total. The third kappa shape index (κ3) is 2.41. The van der Waals surface area contributed by atoms with E-state index in [1.54, 1.807) is 26.0 Å². The van der Waals surface area contributed by atoms with E-state index in [1.165, 1.54) is 12.1 Å². The lowest BCUT2D eigenvalue weighted by atomic mass is 10.2. The second-order valence-electron chi connectivity index (χ2n) is 3.60. The number of benzene rings is 1. The van der Waals surface area contributed by atoms with Crippen LogP contribution in [0.4, 0.5) is 0 Å². The van der Waals surface area contributed by atoms with E-state index in [-0.39, 0.29) is 11.3 Å². The lowest BCUT2D eigenvalue weighted by Crippen LogP contribution is -2.29. The molecule has 0 saturated carbocycles. The van der Waals surface area contributed by atoms with Crippen LogP contribution in [0.3, 0.4) is 0 Å². The van der Waals surface area contributed by atoms with Crippen LogP contribution >= 0.6 is 0 Å². The average molecular weight is 242 g/mol. The van der Waals surface area contributed by atoms with E-state index < -0.39 is 21.1 Å². The molecule has 88 valence electrons. The molecule has 0 aromatic heterocycles. The molecular weight excluding hydrogens is 228 g/mol. The first-order chi connectivity index (χ1) is 7.39. The number of carboxylic acids is 1. The van der Waals surface area contributed by atoms with Crippen LogP contribution in [0.2, 0.25) is 0 Å². The predicted octanol–water partition coefficient (Wildman–Crippen LogP) is 1.63. The van der Waals surface area contributed by atoms with E-state index in [9.17, 15) is 13.2 Å². The van der Waals surface area contributed by atoms with Gasteiger partial charge in [-0.25, -0.2) is 8.42 Å². The summed E-state index contributed by atoms with van der Waals surface area (Å²) in [6.07, 6.45) is 0.0611. The Morgan fingerprint density at radius 1 is 1.44 bits per heavy atom. The van der Waals surface area contributed by atoms with Crippen molar-refractivity contribution in [2.75, 3.05) is 0 Å². The van der Waals surface area contributed by atoms with Gasteiger partial charge in [0.15, 0.2) is 15.1 Å². The van der Waals surface area contributed by atoms with Crippen LogP contribution in [0.5, 0.6) is 0 Å². The van der Waals surface area contributed by atoms with E-state index in [0.29, 0.717) is 0 Å². The fourth-order valence-corrected chi connectivity index (χ4v) is 3.13. The summed E-state index contributed by atoms with van der Waals surface area (Å²) in [5, 5.41) is 7.49. The highest BCUT2D eigenvalue weighted by Crippen LogP contribution is 2.19. The molecule has 0 aliphatic rings. The van der Waals surface area contributed by atoms with Crippen LogP contribution in [-0.4, -0.2) is 24.7 Å². The number of hydrogen-bond acceptors (Lipinski definition) is 3. The van der Waals surface area contributed by atoms with Gasteiger partial charge >= 0.3 is 5.97 Å². The summed E-state index contributed by atoms with van der Waals surface area (Å²) in [6.45, 7) is 3.31. The zero-order valence-electron chi connectivity index (χ0n) is 9.17. The standard InChI is InChI=1S/C11H14O4S/c1-3-10(11(12)13)16(14,15)9-6-4-5-8(2)7-9/h4-7,10H,3H2,1-2H3,(H,12,13). The normalized spacial score (nSPS) is 13.4. The molecule has 0 heterocycles. The van der Waals surface area contributed by atoms with Crippen LogP contribution in [0.1, 0.15) is 18.9 Å². The molecule has 0 radical (unpaired) electrons. The Morgan fingerprint density at radius 3 is 2.50 bits per heavy atom. The summed E-state index contributed by atoms with van der Waals surface area (Å²) in [4.78, 5) is 10.9. The molecule has 1 aromatic carbocycles. The SMILES string of the molecule is CCC(C(=O)O)S(=O)(=O)c1cccc(C)c1. The van der Waals surface area contributed by atoms with E-state index >= 15 is 0 Å². The fraction of sp³-hybridized carbons (Fsp3) is 0.364. The third-order valence-electron chi connectivity index (χ3n) is 2.34. The third-order valence-corrected chi connectivity index (χ3v) is 4.53. The highest BCUT2D eigenvalue weighted by molar-refractivity contribution is 7.92. The smallest absolute Gasteiger partial charge is 0.322 e. The summed E-state index contributed by atoms with van der Waals surface area (Å²) >= 11 is 0. The van der Waals surface area contributed by atoms with Gasteiger partial charge in [0, 0.05) is 0 Å². The number of carboxylic acid groups (broad SMARTS) is 1. The Hall–Kier alpha value is -1.36. The first-order valence-corrected chi connectivity index (χ1v) is 6.47. The molecule has 1 rings (SSSR count). The summed E-state index contributed by atoms with van der Waals surface area (Å²) in [6, 6.07) is 6.28. The van der Waals surface area contributed by atoms with Crippen molar-refractivity contribution < 1.29 is 18.3 Å². The van der Waals surface area contributed by atoms with Crippen LogP contribution in [0.15, 0.2) is 29.2 Å². The lowest BCUT2D eigenvalue weighted by molar-refractivity contribution is -0.136. The average Bonchev–Trinajstić information content (AvgIpc) is 2.17. The van der Waals surface area contributed by atoms with Gasteiger partial charge in [-0.1, -0.05) is 19.1 Å². The molecule has 0 amide bonds. The molecule has 16 heavy (non-hydrogen) atoms. The molecule has 0 aliphatic carbocycles. The summed E-state index contributed by atoms with van der Waals surface area (Å²) in [5.41, 5.74) is 0.793. The van der Waals surface area contributed by atoms with E-state index in [0.717, 1.165) is 5.56 Å². The number of rotatable bonds is 4. The van der Waals surface area contributed by atoms with Crippen molar-refractivity contribution in [1.82, 2.24) is 0 Å². The van der Waals surface area contributed by atoms with Crippen molar-refractivity contribution in [1.29, 1.82) is 0 Å². The molecule has 1 N–H and O–H groups in total. The molecule has 0 saturated heterocycles. The maximum Gasteiger partial charge on any atom is 0.322 e. The zero-order chi connectivity index (χ0) is 12.3. The zero-order valence-corrected chi connectivity index (χ0v) is 9.99. The Kier molecular flexibility index (Phi) is 3.70. The highest BCUT2D eigenvalue weighted by atomic mass is 32.2. The van der Waals surface area contributed by atoms with Gasteiger partial charge < -0.3 is 5.11 Å². The first kappa shape index (κ1) is 12.7. The molecule has 1 atom stereocenters. The maximum atomic E-state index is 12.0. The Morgan fingerprint density at radius 2 is 2.06 bits per heavy atom. The Bertz CT molecular complexity index is 490. The highest BCUT2D eigenvalue weighted by Gasteiger charge is 2.32. The van der Waals surface area contributed by atoms with Crippen LogP contribution in [0, 0.1) is 6.92 Å². The Balaban J connectivity index is 3.25. The van der Waals surface area contributed by atoms with Crippen molar-refractivity contribution in [2.45, 2.75) is 30.4 Å². The van der Waals surface area contributed by atoms with Gasteiger partial charge in [0.1, 0.15) is 0 Å². The van der Waals surface area contributed by atoms with Crippen LogP contribution < -0.4 is 0 Å². The molecule has 0 aliphatic heterocycles. The predicted molar refractivity (Wildman–Crippen MR) is 60.1 cm³/mol. The van der Waals surface area contributed by atoms with Crippen molar-refractivity contribution in [3.63, 3.8) is 0 Å². The summed E-state index contributed by atoms with van der Waals surface area (Å²) in [7, 11) is -3.77. The van der Waals surface area contributed by atoms with Gasteiger partial charge in [-0.3, -0.25) is 4.79 Å². The van der Waals surface area contributed by atoms with Gasteiger partial charge in [0.2, 0.25) is 0 Å². The molecule has 0 bridgehead atoms. The number of hydrogen-bond donors (Lipinski definition) is 1. The minimum Gasteiger partial charge on any atom is -0.480 e. The molecule has 0 spiro atoms. The van der Waals surface area contributed by atoms with E-state index in [1.807, 2.05) is 0 Å². The largest absolute Gasteiger partial charge is 0.480 e. The fourth-order valence-electron chi connectivity index (χ4n) is 1.48. The van der Waals surface area contributed by atoms with Gasteiger partial charge in [0.25, 0.3) is 0 Å². The monoisotopic (exact) mass is 242 g/mol. The van der Waals surface area contributed by atoms with Crippen LogP contribution in [0.25, 0.3) is 0 Å². The van der Waals surface area contributed by atoms with E-state index in [2.05, 4.69) is 0 Å². The lowest BCUT2D eigenvalue weighted by Gasteiger charge is -2.11. The Labute approximate surface area is 94.8 Å². The van der Waals surface area contributed by atoms with Gasteiger partial charge in [0.05, 0.1) is 4.90 Å². The number of aliphatic carboxylic acids is 1. The summed E-state index contributed by atoms with van der Waals surface area (Å²) in [5.74, 6) is -1.30. The number of carbonyl (C=O) groups is 1. The quantitative estimate of drug-likeness (QED) is 0.871. The van der Waals surface area contributed by atoms with Gasteiger partial charge in [-0.2, -0.15) is 0 Å². The van der Waals surface area contributed by atoms with Crippen molar-refractivity contribution in [2.24, 2.45) is 0 Å². The minimum absolute atomic E-state index is 0.0611. The number of sulfone groups is 1. The molecule has 5 heteroatoms. The minimum atomic E-state index is -3.77. The van der Waals surface area contributed by atoms with E-state index in [4.69, 9.17) is 5.11 Å². The topological polar surface area (TPSA) is 71.4 Å². The molecule has 1 unspecified atom stereocenters. The van der Waals surface area contributed by atoms with Gasteiger partial charge in [-0.05, 0) is 31.0 Å². The summed E-state index contributed by atoms with van der Waals surface area (Å²) < 4.78 is 24.0. The molecule has 0 fully saturated rings. The molecule has 1 aromatic rings. The molecular formula is C11H14O4S. The van der Waals surface area contributed by atoms with Crippen molar-refractivity contribution >= 4 is 15.8 Å².